The van der Waals surface area contributed by atoms with Gasteiger partial charge in [-0.2, -0.15) is 0 Å². The highest BCUT2D eigenvalue weighted by atomic mass is 16.3. The molecule has 5 nitrogen and oxygen atoms in total. The molecule has 24 heavy (non-hydrogen) atoms. The highest BCUT2D eigenvalue weighted by Crippen LogP contribution is 2.15. The van der Waals surface area contributed by atoms with Gasteiger partial charge >= 0.3 is 0 Å². The molecule has 0 aliphatic heterocycles. The van der Waals surface area contributed by atoms with Gasteiger partial charge in [0.15, 0.2) is 0 Å². The van der Waals surface area contributed by atoms with Gasteiger partial charge in [0, 0.05) is 12.6 Å². The Morgan fingerprint density at radius 2 is 1.92 bits per heavy atom. The number of aryl methyl sites for hydroxylation is 1. The van der Waals surface area contributed by atoms with Crippen LogP contribution in [0.4, 0.5) is 5.69 Å². The molecule has 1 aromatic heterocycles. The van der Waals surface area contributed by atoms with Crippen molar-refractivity contribution < 1.29 is 14.0 Å². The maximum atomic E-state index is 12.2. The summed E-state index contributed by atoms with van der Waals surface area (Å²) in [6, 6.07) is 10.5. The number of furan rings is 1. The minimum Gasteiger partial charge on any atom is -0.462 e. The molecule has 2 amide bonds. The van der Waals surface area contributed by atoms with Crippen LogP contribution in [0.3, 0.4) is 0 Å². The summed E-state index contributed by atoms with van der Waals surface area (Å²) in [4.78, 5) is 24.3. The van der Waals surface area contributed by atoms with Crippen LogP contribution in [0.2, 0.25) is 0 Å². The lowest BCUT2D eigenvalue weighted by molar-refractivity contribution is -0.111. The van der Waals surface area contributed by atoms with Gasteiger partial charge in [-0.1, -0.05) is 26.0 Å². The van der Waals surface area contributed by atoms with Crippen molar-refractivity contribution in [3.63, 3.8) is 0 Å². The standard InChI is InChI=1S/C19H22N2O3/c1-13(2)12-20-19(23)16-6-4-5-7-17(16)21-18(22)11-10-15-9-8-14(3)24-15/h4-11,13H,12H2,1-3H3,(H,20,23)(H,21,22)/b11-10+. The highest BCUT2D eigenvalue weighted by Gasteiger charge is 2.12. The Balaban J connectivity index is 2.05. The van der Waals surface area contributed by atoms with E-state index in [9.17, 15) is 9.59 Å². The summed E-state index contributed by atoms with van der Waals surface area (Å²) in [6.45, 7) is 6.46. The lowest BCUT2D eigenvalue weighted by atomic mass is 10.1. The number of hydrogen-bond donors (Lipinski definition) is 2. The summed E-state index contributed by atoms with van der Waals surface area (Å²) in [6.07, 6.45) is 2.96. The third-order valence-electron chi connectivity index (χ3n) is 3.26. The van der Waals surface area contributed by atoms with Gasteiger partial charge in [0.2, 0.25) is 5.91 Å². The van der Waals surface area contributed by atoms with Crippen LogP contribution in [0.1, 0.15) is 35.7 Å². The number of amides is 2. The number of anilines is 1. The molecule has 2 N–H and O–H groups in total. The van der Waals surface area contributed by atoms with Crippen LogP contribution in [-0.2, 0) is 4.79 Å². The van der Waals surface area contributed by atoms with E-state index in [2.05, 4.69) is 10.6 Å². The third kappa shape index (κ3) is 5.12. The summed E-state index contributed by atoms with van der Waals surface area (Å²) in [5, 5.41) is 5.58. The van der Waals surface area contributed by atoms with Crippen molar-refractivity contribution in [1.29, 1.82) is 0 Å². The van der Waals surface area contributed by atoms with Crippen LogP contribution in [0.15, 0.2) is 46.9 Å². The van der Waals surface area contributed by atoms with Crippen molar-refractivity contribution >= 4 is 23.6 Å². The van der Waals surface area contributed by atoms with Crippen molar-refractivity contribution in [3.8, 4) is 0 Å². The fourth-order valence-corrected chi connectivity index (χ4v) is 2.06. The average molecular weight is 326 g/mol. The second kappa shape index (κ2) is 8.15. The molecule has 126 valence electrons. The van der Waals surface area contributed by atoms with Gasteiger partial charge in [-0.15, -0.1) is 0 Å². The van der Waals surface area contributed by atoms with Gasteiger partial charge in [0.25, 0.3) is 5.91 Å². The molecule has 0 saturated heterocycles. The molecule has 0 fully saturated rings. The van der Waals surface area contributed by atoms with Gasteiger partial charge in [-0.3, -0.25) is 9.59 Å². The third-order valence-corrected chi connectivity index (χ3v) is 3.26. The van der Waals surface area contributed by atoms with Crippen molar-refractivity contribution in [2.24, 2.45) is 5.92 Å². The molecule has 0 saturated carbocycles. The van der Waals surface area contributed by atoms with Gasteiger partial charge in [0.05, 0.1) is 11.3 Å². The smallest absolute Gasteiger partial charge is 0.253 e. The molecule has 0 radical (unpaired) electrons. The lowest BCUT2D eigenvalue weighted by Crippen LogP contribution is -2.28. The fraction of sp³-hybridized carbons (Fsp3) is 0.263. The summed E-state index contributed by atoms with van der Waals surface area (Å²) in [7, 11) is 0. The van der Waals surface area contributed by atoms with E-state index >= 15 is 0 Å². The predicted octanol–water partition coefficient (Wildman–Crippen LogP) is 3.63. The molecule has 1 aromatic carbocycles. The Morgan fingerprint density at radius 3 is 2.58 bits per heavy atom. The quantitative estimate of drug-likeness (QED) is 0.796. The molecule has 0 unspecified atom stereocenters. The van der Waals surface area contributed by atoms with Gasteiger partial charge < -0.3 is 15.1 Å². The topological polar surface area (TPSA) is 71.3 Å². The van der Waals surface area contributed by atoms with E-state index in [1.165, 1.54) is 6.08 Å². The molecule has 0 aliphatic rings. The first kappa shape index (κ1) is 17.5. The first-order valence-electron chi connectivity index (χ1n) is 7.88. The maximum absolute atomic E-state index is 12.2. The molecule has 0 aliphatic carbocycles. The number of hydrogen-bond acceptors (Lipinski definition) is 3. The van der Waals surface area contributed by atoms with E-state index in [0.717, 1.165) is 5.76 Å². The van der Waals surface area contributed by atoms with Crippen molar-refractivity contribution in [1.82, 2.24) is 5.32 Å². The maximum Gasteiger partial charge on any atom is 0.253 e. The van der Waals surface area contributed by atoms with Gasteiger partial charge in [0.1, 0.15) is 11.5 Å². The number of carbonyl (C=O) groups is 2. The van der Waals surface area contributed by atoms with E-state index in [0.29, 0.717) is 29.5 Å². The Labute approximate surface area is 141 Å². The first-order chi connectivity index (χ1) is 11.5. The monoisotopic (exact) mass is 326 g/mol. The van der Waals surface area contributed by atoms with E-state index in [-0.39, 0.29) is 11.8 Å². The van der Waals surface area contributed by atoms with Crippen LogP contribution in [0.25, 0.3) is 6.08 Å². The van der Waals surface area contributed by atoms with Crippen LogP contribution in [0.5, 0.6) is 0 Å². The van der Waals surface area contributed by atoms with Gasteiger partial charge in [-0.25, -0.2) is 0 Å². The zero-order valence-electron chi connectivity index (χ0n) is 14.1. The second-order valence-electron chi connectivity index (χ2n) is 5.92. The molecular formula is C19H22N2O3. The SMILES string of the molecule is Cc1ccc(/C=C/C(=O)Nc2ccccc2C(=O)NCC(C)C)o1. The number of benzene rings is 1. The minimum atomic E-state index is -0.326. The van der Waals surface area contributed by atoms with E-state index < -0.39 is 0 Å². The Morgan fingerprint density at radius 1 is 1.17 bits per heavy atom. The van der Waals surface area contributed by atoms with Crippen molar-refractivity contribution in [3.05, 3.63) is 59.6 Å². The molecule has 1 heterocycles. The number of para-hydroxylation sites is 1. The molecule has 0 spiro atoms. The van der Waals surface area contributed by atoms with E-state index in [1.54, 1.807) is 36.4 Å². The second-order valence-corrected chi connectivity index (χ2v) is 5.92. The molecular weight excluding hydrogens is 304 g/mol. The number of nitrogens with one attached hydrogen (secondary N) is 2. The van der Waals surface area contributed by atoms with Crippen molar-refractivity contribution in [2.45, 2.75) is 20.8 Å². The summed E-state index contributed by atoms with van der Waals surface area (Å²) in [5.74, 6) is 1.21. The van der Waals surface area contributed by atoms with E-state index in [4.69, 9.17) is 4.42 Å². The van der Waals surface area contributed by atoms with Crippen molar-refractivity contribution in [2.75, 3.05) is 11.9 Å². The average Bonchev–Trinajstić information content (AvgIpc) is 2.96. The fourth-order valence-electron chi connectivity index (χ4n) is 2.06. The molecule has 2 aromatic rings. The Kier molecular flexibility index (Phi) is 5.95. The molecule has 0 atom stereocenters. The normalized spacial score (nSPS) is 11.0. The molecule has 5 heteroatoms. The predicted molar refractivity (Wildman–Crippen MR) is 94.7 cm³/mol. The largest absolute Gasteiger partial charge is 0.462 e. The number of carbonyl (C=O) groups excluding carboxylic acids is 2. The Bertz CT molecular complexity index is 745. The lowest BCUT2D eigenvalue weighted by Gasteiger charge is -2.11. The summed E-state index contributed by atoms with van der Waals surface area (Å²) in [5.41, 5.74) is 0.915. The first-order valence-corrected chi connectivity index (χ1v) is 7.88. The summed E-state index contributed by atoms with van der Waals surface area (Å²) < 4.78 is 5.37. The van der Waals surface area contributed by atoms with Crippen LogP contribution < -0.4 is 10.6 Å². The molecule has 0 bridgehead atoms. The van der Waals surface area contributed by atoms with Gasteiger partial charge in [-0.05, 0) is 43.2 Å². The Hall–Kier alpha value is -2.82. The number of rotatable bonds is 6. The van der Waals surface area contributed by atoms with Crippen LogP contribution in [-0.4, -0.2) is 18.4 Å². The zero-order valence-corrected chi connectivity index (χ0v) is 14.1. The highest BCUT2D eigenvalue weighted by molar-refractivity contribution is 6.07. The van der Waals surface area contributed by atoms with Crippen LogP contribution >= 0.6 is 0 Å². The summed E-state index contributed by atoms with van der Waals surface area (Å²) >= 11 is 0. The van der Waals surface area contributed by atoms with Crippen LogP contribution in [0, 0.1) is 12.8 Å². The zero-order chi connectivity index (χ0) is 17.5. The van der Waals surface area contributed by atoms with E-state index in [1.807, 2.05) is 26.8 Å². The molecule has 2 rings (SSSR count). The minimum absolute atomic E-state index is 0.203.